The van der Waals surface area contributed by atoms with Crippen molar-refractivity contribution in [1.29, 1.82) is 0 Å². The smallest absolute Gasteiger partial charge is 0.237 e. The summed E-state index contributed by atoms with van der Waals surface area (Å²) in [5.41, 5.74) is 2.53. The summed E-state index contributed by atoms with van der Waals surface area (Å²) in [5.74, 6) is 0.277. The number of amides is 2. The van der Waals surface area contributed by atoms with Gasteiger partial charge in [0, 0.05) is 68.3 Å². The molecule has 0 spiro atoms. The molecule has 1 aromatic heterocycles. The summed E-state index contributed by atoms with van der Waals surface area (Å²) in [5, 5.41) is 11.1. The van der Waals surface area contributed by atoms with Gasteiger partial charge >= 0.3 is 0 Å². The van der Waals surface area contributed by atoms with Gasteiger partial charge in [-0.3, -0.25) is 14.5 Å². The van der Waals surface area contributed by atoms with Crippen LogP contribution in [0.25, 0.3) is 10.9 Å². The van der Waals surface area contributed by atoms with Crippen LogP contribution in [0.2, 0.25) is 0 Å². The molecule has 160 valence electrons. The van der Waals surface area contributed by atoms with E-state index in [9.17, 15) is 9.59 Å². The number of piperazine rings is 1. The average Bonchev–Trinajstić information content (AvgIpc) is 3.34. The quantitative estimate of drug-likeness (QED) is 0.644. The van der Waals surface area contributed by atoms with Gasteiger partial charge in [0.15, 0.2) is 0 Å². The lowest BCUT2D eigenvalue weighted by Gasteiger charge is -2.37. The number of nitrogens with one attached hydrogen (secondary N) is 3. The number of aromatic nitrogens is 1. The van der Waals surface area contributed by atoms with Gasteiger partial charge in [-0.15, -0.1) is 0 Å². The van der Waals surface area contributed by atoms with Crippen molar-refractivity contribution >= 4 is 22.7 Å². The van der Waals surface area contributed by atoms with Crippen LogP contribution in [0.15, 0.2) is 30.5 Å². The fourth-order valence-electron chi connectivity index (χ4n) is 5.04. The first-order chi connectivity index (χ1) is 14.6. The summed E-state index contributed by atoms with van der Waals surface area (Å²) < 4.78 is 2.17. The van der Waals surface area contributed by atoms with Crippen LogP contribution in [0.5, 0.6) is 0 Å². The monoisotopic (exact) mass is 409 g/mol. The number of fused-ring (bicyclic) bond motifs is 2. The standard InChI is InChI=1S/C23H31N5O2/c1-27-13-15(19-4-2-3-5-20(19)27)11-24-17-10-21-23(30)25-12-18(28(21)14-17)8-9-22(29)26-16-6-7-16/h2-5,13,16-18,21,24H,6-12,14H2,1H3,(H,25,30)(H,26,29)/t17-,18+,21-/m0/s1. The van der Waals surface area contributed by atoms with Crippen LogP contribution in [-0.4, -0.2) is 58.5 Å². The molecule has 1 aliphatic carbocycles. The summed E-state index contributed by atoms with van der Waals surface area (Å²) in [6, 6.07) is 9.30. The van der Waals surface area contributed by atoms with Crippen LogP contribution in [0.3, 0.4) is 0 Å². The highest BCUT2D eigenvalue weighted by atomic mass is 16.2. The van der Waals surface area contributed by atoms with E-state index in [-0.39, 0.29) is 29.9 Å². The molecular formula is C23H31N5O2. The molecule has 3 atom stereocenters. The molecule has 2 aliphatic heterocycles. The molecule has 0 unspecified atom stereocenters. The van der Waals surface area contributed by atoms with Crippen LogP contribution in [0.4, 0.5) is 0 Å². The molecular weight excluding hydrogens is 378 g/mol. The van der Waals surface area contributed by atoms with E-state index < -0.39 is 0 Å². The second kappa shape index (κ2) is 8.04. The maximum Gasteiger partial charge on any atom is 0.237 e. The highest BCUT2D eigenvalue weighted by Gasteiger charge is 2.43. The molecule has 7 nitrogen and oxygen atoms in total. The minimum atomic E-state index is -0.0831. The molecule has 30 heavy (non-hydrogen) atoms. The van der Waals surface area contributed by atoms with Crippen molar-refractivity contribution in [3.8, 4) is 0 Å². The van der Waals surface area contributed by atoms with E-state index in [2.05, 4.69) is 62.9 Å². The lowest BCUT2D eigenvalue weighted by atomic mass is 10.0. The number of aryl methyl sites for hydroxylation is 1. The van der Waals surface area contributed by atoms with Gasteiger partial charge in [-0.1, -0.05) is 18.2 Å². The van der Waals surface area contributed by atoms with Gasteiger partial charge in [0.1, 0.15) is 0 Å². The number of para-hydroxylation sites is 1. The molecule has 0 bridgehead atoms. The predicted octanol–water partition coefficient (Wildman–Crippen LogP) is 1.27. The van der Waals surface area contributed by atoms with Crippen molar-refractivity contribution in [3.63, 3.8) is 0 Å². The van der Waals surface area contributed by atoms with Crippen molar-refractivity contribution in [2.24, 2.45) is 7.05 Å². The molecule has 3 heterocycles. The minimum Gasteiger partial charge on any atom is -0.353 e. The molecule has 3 fully saturated rings. The maximum absolute atomic E-state index is 12.4. The van der Waals surface area contributed by atoms with Gasteiger partial charge in [-0.2, -0.15) is 0 Å². The Balaban J connectivity index is 1.19. The first-order valence-corrected chi connectivity index (χ1v) is 11.2. The van der Waals surface area contributed by atoms with E-state index in [1.165, 1.54) is 16.5 Å². The molecule has 1 saturated carbocycles. The molecule has 0 radical (unpaired) electrons. The third kappa shape index (κ3) is 3.96. The average molecular weight is 410 g/mol. The highest BCUT2D eigenvalue weighted by molar-refractivity contribution is 5.84. The predicted molar refractivity (Wildman–Crippen MR) is 116 cm³/mol. The Labute approximate surface area is 177 Å². The van der Waals surface area contributed by atoms with Crippen molar-refractivity contribution in [2.75, 3.05) is 13.1 Å². The zero-order chi connectivity index (χ0) is 20.7. The lowest BCUT2D eigenvalue weighted by molar-refractivity contribution is -0.129. The zero-order valence-corrected chi connectivity index (χ0v) is 17.6. The van der Waals surface area contributed by atoms with E-state index in [1.54, 1.807) is 0 Å². The van der Waals surface area contributed by atoms with Crippen molar-refractivity contribution in [2.45, 2.75) is 62.8 Å². The van der Waals surface area contributed by atoms with Crippen LogP contribution in [0.1, 0.15) is 37.7 Å². The Hall–Kier alpha value is -2.38. The Morgan fingerprint density at radius 2 is 2.07 bits per heavy atom. The zero-order valence-electron chi connectivity index (χ0n) is 17.6. The van der Waals surface area contributed by atoms with Crippen LogP contribution < -0.4 is 16.0 Å². The van der Waals surface area contributed by atoms with Crippen LogP contribution >= 0.6 is 0 Å². The van der Waals surface area contributed by atoms with Gasteiger partial charge in [-0.25, -0.2) is 0 Å². The molecule has 2 saturated heterocycles. The Morgan fingerprint density at radius 3 is 2.90 bits per heavy atom. The van der Waals surface area contributed by atoms with Crippen LogP contribution in [0, 0.1) is 0 Å². The summed E-state index contributed by atoms with van der Waals surface area (Å²) in [7, 11) is 2.08. The van der Waals surface area contributed by atoms with Crippen molar-refractivity contribution in [3.05, 3.63) is 36.0 Å². The summed E-state index contributed by atoms with van der Waals surface area (Å²) in [6.07, 6.45) is 6.57. The summed E-state index contributed by atoms with van der Waals surface area (Å²) in [6.45, 7) is 2.29. The first kappa shape index (κ1) is 19.6. The number of carbonyl (C=O) groups excluding carboxylic acids is 2. The summed E-state index contributed by atoms with van der Waals surface area (Å²) >= 11 is 0. The second-order valence-electron chi connectivity index (χ2n) is 9.09. The number of hydrogen-bond donors (Lipinski definition) is 3. The first-order valence-electron chi connectivity index (χ1n) is 11.2. The van der Waals surface area contributed by atoms with Gasteiger partial charge in [0.05, 0.1) is 6.04 Å². The summed E-state index contributed by atoms with van der Waals surface area (Å²) in [4.78, 5) is 26.9. The van der Waals surface area contributed by atoms with E-state index in [1.807, 2.05) is 0 Å². The van der Waals surface area contributed by atoms with E-state index >= 15 is 0 Å². The largest absolute Gasteiger partial charge is 0.353 e. The molecule has 2 amide bonds. The third-order valence-electron chi connectivity index (χ3n) is 6.83. The number of carbonyl (C=O) groups is 2. The highest BCUT2D eigenvalue weighted by Crippen LogP contribution is 2.27. The molecule has 3 N–H and O–H groups in total. The van der Waals surface area contributed by atoms with Gasteiger partial charge in [0.25, 0.3) is 0 Å². The van der Waals surface area contributed by atoms with Crippen molar-refractivity contribution < 1.29 is 9.59 Å². The second-order valence-corrected chi connectivity index (χ2v) is 9.09. The van der Waals surface area contributed by atoms with Gasteiger partial charge in [-0.05, 0) is 37.3 Å². The van der Waals surface area contributed by atoms with Gasteiger partial charge in [0.2, 0.25) is 11.8 Å². The third-order valence-corrected chi connectivity index (χ3v) is 6.83. The molecule has 7 heteroatoms. The fourth-order valence-corrected chi connectivity index (χ4v) is 5.04. The molecule has 3 aliphatic rings. The molecule has 2 aromatic rings. The van der Waals surface area contributed by atoms with E-state index in [4.69, 9.17) is 0 Å². The Bertz CT molecular complexity index is 950. The van der Waals surface area contributed by atoms with E-state index in [0.717, 1.165) is 38.8 Å². The number of nitrogens with zero attached hydrogens (tertiary/aromatic N) is 2. The SMILES string of the molecule is Cn1cc(CN[C@H]2C[C@H]3C(=O)NC[C@@H](CCC(=O)NC4CC4)N3C2)c2ccccc21. The lowest BCUT2D eigenvalue weighted by Crippen LogP contribution is -2.58. The Morgan fingerprint density at radius 1 is 1.23 bits per heavy atom. The maximum atomic E-state index is 12.4. The molecule has 1 aromatic carbocycles. The topological polar surface area (TPSA) is 78.4 Å². The van der Waals surface area contributed by atoms with Crippen molar-refractivity contribution in [1.82, 2.24) is 25.4 Å². The van der Waals surface area contributed by atoms with Gasteiger partial charge < -0.3 is 20.5 Å². The van der Waals surface area contributed by atoms with E-state index in [0.29, 0.717) is 19.0 Å². The minimum absolute atomic E-state index is 0.0831. The molecule has 5 rings (SSSR count). The number of benzene rings is 1. The van der Waals surface area contributed by atoms with Crippen LogP contribution in [-0.2, 0) is 23.2 Å². The fraction of sp³-hybridized carbons (Fsp3) is 0.565. The normalized spacial score (nSPS) is 26.6. The number of rotatable bonds is 7. The Kier molecular flexibility index (Phi) is 5.25. The number of hydrogen-bond acceptors (Lipinski definition) is 4.